The number of hydrogen-bond acceptors (Lipinski definition) is 5. The summed E-state index contributed by atoms with van der Waals surface area (Å²) in [5.74, 6) is -1.01. The first-order valence-corrected chi connectivity index (χ1v) is 11.5. The molecule has 3 aromatic rings. The number of rotatable bonds is 9. The fraction of sp³-hybridized carbons (Fsp3) is 0.182. The van der Waals surface area contributed by atoms with Gasteiger partial charge in [0.2, 0.25) is 5.91 Å². The van der Waals surface area contributed by atoms with E-state index in [1.54, 1.807) is 41.8 Å². The molecular formula is C22H20Cl2FN5O2S. The second kappa shape index (κ2) is 11.3. The summed E-state index contributed by atoms with van der Waals surface area (Å²) >= 11 is 13.2. The van der Waals surface area contributed by atoms with Crippen LogP contribution in [0.3, 0.4) is 0 Å². The molecule has 0 saturated carbocycles. The summed E-state index contributed by atoms with van der Waals surface area (Å²) in [6.07, 6.45) is 1.65. The third-order valence-corrected chi connectivity index (χ3v) is 6.25. The monoisotopic (exact) mass is 507 g/mol. The number of hydrogen-bond donors (Lipinski definition) is 2. The molecule has 0 aliphatic rings. The van der Waals surface area contributed by atoms with Gasteiger partial charge in [0, 0.05) is 6.54 Å². The van der Waals surface area contributed by atoms with Crippen LogP contribution in [0.5, 0.6) is 0 Å². The maximum atomic E-state index is 13.9. The lowest BCUT2D eigenvalue weighted by Gasteiger charge is -2.15. The van der Waals surface area contributed by atoms with Gasteiger partial charge >= 0.3 is 0 Å². The van der Waals surface area contributed by atoms with E-state index >= 15 is 0 Å². The molecule has 0 aliphatic heterocycles. The maximum Gasteiger partial charge on any atom is 0.254 e. The Morgan fingerprint density at radius 1 is 1.21 bits per heavy atom. The number of amides is 2. The van der Waals surface area contributed by atoms with Crippen LogP contribution in [0.1, 0.15) is 29.1 Å². The lowest BCUT2D eigenvalue weighted by Crippen LogP contribution is -2.29. The highest BCUT2D eigenvalue weighted by molar-refractivity contribution is 7.99. The van der Waals surface area contributed by atoms with E-state index in [0.29, 0.717) is 28.2 Å². The molecule has 2 amide bonds. The van der Waals surface area contributed by atoms with Gasteiger partial charge in [-0.3, -0.25) is 9.59 Å². The van der Waals surface area contributed by atoms with Crippen LogP contribution >= 0.6 is 35.0 Å². The van der Waals surface area contributed by atoms with Crippen molar-refractivity contribution >= 4 is 52.5 Å². The van der Waals surface area contributed by atoms with Gasteiger partial charge in [0.15, 0.2) is 11.0 Å². The van der Waals surface area contributed by atoms with Crippen LogP contribution in [0.25, 0.3) is 0 Å². The predicted molar refractivity (Wildman–Crippen MR) is 128 cm³/mol. The Labute approximate surface area is 204 Å². The molecule has 0 bridgehead atoms. The zero-order chi connectivity index (χ0) is 24.0. The summed E-state index contributed by atoms with van der Waals surface area (Å²) in [7, 11) is 0. The van der Waals surface area contributed by atoms with E-state index in [-0.39, 0.29) is 22.2 Å². The normalized spacial score (nSPS) is 11.6. The van der Waals surface area contributed by atoms with Crippen molar-refractivity contribution in [2.45, 2.75) is 24.7 Å². The minimum atomic E-state index is -0.614. The summed E-state index contributed by atoms with van der Waals surface area (Å²) in [5.41, 5.74) is 0.345. The molecule has 0 spiro atoms. The average molecular weight is 508 g/mol. The van der Waals surface area contributed by atoms with Crippen LogP contribution in [-0.4, -0.2) is 32.3 Å². The molecule has 1 unspecified atom stereocenters. The minimum absolute atomic E-state index is 0.0358. The fourth-order valence-electron chi connectivity index (χ4n) is 2.93. The van der Waals surface area contributed by atoms with Gasteiger partial charge in [0.1, 0.15) is 5.82 Å². The molecule has 172 valence electrons. The third kappa shape index (κ3) is 6.13. The van der Waals surface area contributed by atoms with E-state index < -0.39 is 17.8 Å². The predicted octanol–water partition coefficient (Wildman–Crippen LogP) is 5.13. The van der Waals surface area contributed by atoms with Gasteiger partial charge in [-0.25, -0.2) is 4.39 Å². The Kier molecular flexibility index (Phi) is 8.49. The van der Waals surface area contributed by atoms with Crippen molar-refractivity contribution in [2.75, 3.05) is 11.1 Å². The van der Waals surface area contributed by atoms with E-state index in [1.807, 2.05) is 0 Å². The lowest BCUT2D eigenvalue weighted by atomic mass is 10.2. The highest BCUT2D eigenvalue weighted by atomic mass is 35.5. The van der Waals surface area contributed by atoms with Gasteiger partial charge in [-0.15, -0.1) is 16.8 Å². The Morgan fingerprint density at radius 3 is 2.70 bits per heavy atom. The third-order valence-electron chi connectivity index (χ3n) is 4.47. The van der Waals surface area contributed by atoms with Crippen LogP contribution < -0.4 is 10.6 Å². The van der Waals surface area contributed by atoms with Crippen LogP contribution in [0.2, 0.25) is 10.0 Å². The molecule has 0 radical (unpaired) electrons. The van der Waals surface area contributed by atoms with E-state index in [0.717, 1.165) is 11.8 Å². The second-order valence-corrected chi connectivity index (χ2v) is 8.58. The summed E-state index contributed by atoms with van der Waals surface area (Å²) in [6, 6.07) is 10.1. The second-order valence-electron chi connectivity index (χ2n) is 6.85. The highest BCUT2D eigenvalue weighted by Gasteiger charge is 2.21. The molecule has 1 heterocycles. The first kappa shape index (κ1) is 24.8. The van der Waals surface area contributed by atoms with Crippen LogP contribution in [-0.2, 0) is 11.3 Å². The minimum Gasteiger partial charge on any atom is -0.342 e. The molecule has 1 aromatic heterocycles. The van der Waals surface area contributed by atoms with E-state index in [1.165, 1.54) is 18.2 Å². The first-order valence-electron chi connectivity index (χ1n) is 9.77. The summed E-state index contributed by atoms with van der Waals surface area (Å²) in [4.78, 5) is 24.8. The number of carbonyl (C=O) groups is 2. The molecule has 7 nitrogen and oxygen atoms in total. The number of carbonyl (C=O) groups excluding carboxylic acids is 2. The van der Waals surface area contributed by atoms with E-state index in [2.05, 4.69) is 27.4 Å². The molecule has 2 aromatic carbocycles. The molecule has 11 heteroatoms. The van der Waals surface area contributed by atoms with Crippen molar-refractivity contribution in [3.05, 3.63) is 82.4 Å². The Morgan fingerprint density at radius 2 is 1.97 bits per heavy atom. The summed E-state index contributed by atoms with van der Waals surface area (Å²) in [6.45, 7) is 5.80. The fourth-order valence-corrected chi connectivity index (χ4v) is 4.03. The van der Waals surface area contributed by atoms with Crippen LogP contribution in [0, 0.1) is 5.82 Å². The van der Waals surface area contributed by atoms with Gasteiger partial charge in [-0.05, 0) is 31.2 Å². The Hall–Kier alpha value is -2.88. The first-order chi connectivity index (χ1) is 15.8. The molecule has 1 atom stereocenters. The van der Waals surface area contributed by atoms with Crippen molar-refractivity contribution in [1.29, 1.82) is 0 Å². The molecule has 0 aliphatic carbocycles. The number of anilines is 1. The average Bonchev–Trinajstić information content (AvgIpc) is 3.18. The molecule has 3 rings (SSSR count). The van der Waals surface area contributed by atoms with Crippen molar-refractivity contribution in [3.8, 4) is 0 Å². The van der Waals surface area contributed by atoms with Crippen molar-refractivity contribution in [2.24, 2.45) is 0 Å². The summed E-state index contributed by atoms with van der Waals surface area (Å²) < 4.78 is 15.6. The zero-order valence-corrected chi connectivity index (χ0v) is 19.8. The zero-order valence-electron chi connectivity index (χ0n) is 17.5. The van der Waals surface area contributed by atoms with E-state index in [4.69, 9.17) is 23.2 Å². The van der Waals surface area contributed by atoms with Crippen LogP contribution in [0.4, 0.5) is 10.1 Å². The Bertz CT molecular complexity index is 1190. The van der Waals surface area contributed by atoms with E-state index in [9.17, 15) is 14.0 Å². The maximum absolute atomic E-state index is 13.9. The molecule has 33 heavy (non-hydrogen) atoms. The van der Waals surface area contributed by atoms with Crippen LogP contribution in [0.15, 0.2) is 60.3 Å². The topological polar surface area (TPSA) is 88.9 Å². The van der Waals surface area contributed by atoms with Crippen molar-refractivity contribution < 1.29 is 14.0 Å². The number of nitrogens with zero attached hydrogens (tertiary/aromatic N) is 3. The standard InChI is InChI=1S/C22H20Cl2FN5O2S/c1-3-11-30-20(13(2)26-21(32)14-7-4-5-9-16(14)25)28-29-22(30)33-12-18(31)27-17-10-6-8-15(23)19(17)24/h3-10,13H,1,11-12H2,2H3,(H,26,32)(H,27,31). The number of thioether (sulfide) groups is 1. The lowest BCUT2D eigenvalue weighted by molar-refractivity contribution is -0.113. The molecule has 2 N–H and O–H groups in total. The smallest absolute Gasteiger partial charge is 0.254 e. The van der Waals surface area contributed by atoms with Crippen molar-refractivity contribution in [1.82, 2.24) is 20.1 Å². The number of aromatic nitrogens is 3. The van der Waals surface area contributed by atoms with Gasteiger partial charge < -0.3 is 15.2 Å². The number of nitrogens with one attached hydrogen (secondary N) is 2. The number of halogens is 3. The van der Waals surface area contributed by atoms with Gasteiger partial charge in [-0.2, -0.15) is 0 Å². The SMILES string of the molecule is C=CCn1c(SCC(=O)Nc2cccc(Cl)c2Cl)nnc1C(C)NC(=O)c1ccccc1F. The largest absolute Gasteiger partial charge is 0.342 e. The number of benzene rings is 2. The van der Waals surface area contributed by atoms with Crippen molar-refractivity contribution in [3.63, 3.8) is 0 Å². The van der Waals surface area contributed by atoms with Gasteiger partial charge in [0.05, 0.1) is 33.1 Å². The Balaban J connectivity index is 1.69. The van der Waals surface area contributed by atoms with Gasteiger partial charge in [0.25, 0.3) is 5.91 Å². The quantitative estimate of drug-likeness (QED) is 0.309. The molecule has 0 fully saturated rings. The number of allylic oxidation sites excluding steroid dienone is 1. The summed E-state index contributed by atoms with van der Waals surface area (Å²) in [5, 5.41) is 14.8. The highest BCUT2D eigenvalue weighted by Crippen LogP contribution is 2.30. The molecule has 0 saturated heterocycles. The molecular weight excluding hydrogens is 488 g/mol. The van der Waals surface area contributed by atoms with Gasteiger partial charge in [-0.1, -0.05) is 59.2 Å².